The molecule has 1 N–H and O–H groups in total. The van der Waals surface area contributed by atoms with Gasteiger partial charge in [-0.3, -0.25) is 4.79 Å². The van der Waals surface area contributed by atoms with E-state index in [0.29, 0.717) is 31.3 Å². The van der Waals surface area contributed by atoms with E-state index in [9.17, 15) is 4.79 Å². The van der Waals surface area contributed by atoms with Crippen LogP contribution in [0.3, 0.4) is 0 Å². The molecular weight excluding hydrogens is 332 g/mol. The predicted octanol–water partition coefficient (Wildman–Crippen LogP) is 2.71. The van der Waals surface area contributed by atoms with Crippen molar-refractivity contribution >= 4 is 11.7 Å². The number of fused-ring (bicyclic) bond motifs is 2. The van der Waals surface area contributed by atoms with Crippen LogP contribution in [0, 0.1) is 5.41 Å². The molecule has 1 atom stereocenters. The quantitative estimate of drug-likeness (QED) is 0.850. The van der Waals surface area contributed by atoms with Crippen LogP contribution in [0.5, 0.6) is 11.5 Å². The maximum atomic E-state index is 13.0. The smallest absolute Gasteiger partial charge is 0.226 e. The van der Waals surface area contributed by atoms with Crippen LogP contribution in [0.15, 0.2) is 35.8 Å². The standard InChI is InChI=1S/C19H20N4O3/c1-19(2)8-12-16(13(24)9-19)17(23-18(22-12)20-10-21-23)11-3-4-14-15(7-11)26-6-5-25-14/h3-4,7,10,17H,5-6,8-9H2,1-2H3,(H,20,21,22). The molecule has 134 valence electrons. The summed E-state index contributed by atoms with van der Waals surface area (Å²) < 4.78 is 13.1. The average Bonchev–Trinajstić information content (AvgIpc) is 3.06. The number of anilines is 1. The minimum absolute atomic E-state index is 0.0670. The number of hydrogen-bond acceptors (Lipinski definition) is 6. The van der Waals surface area contributed by atoms with Gasteiger partial charge in [-0.15, -0.1) is 0 Å². The molecule has 0 saturated heterocycles. The summed E-state index contributed by atoms with van der Waals surface area (Å²) in [7, 11) is 0. The van der Waals surface area contributed by atoms with Crippen molar-refractivity contribution in [2.24, 2.45) is 5.41 Å². The molecule has 5 rings (SSSR count). The predicted molar refractivity (Wildman–Crippen MR) is 94.3 cm³/mol. The summed E-state index contributed by atoms with van der Waals surface area (Å²) in [6.45, 7) is 5.32. The van der Waals surface area contributed by atoms with Crippen LogP contribution < -0.4 is 14.8 Å². The van der Waals surface area contributed by atoms with Gasteiger partial charge in [-0.25, -0.2) is 4.68 Å². The fourth-order valence-electron chi connectivity index (χ4n) is 4.09. The molecule has 1 unspecified atom stereocenters. The van der Waals surface area contributed by atoms with Gasteiger partial charge in [-0.1, -0.05) is 19.9 Å². The lowest BCUT2D eigenvalue weighted by Gasteiger charge is -2.38. The number of hydrogen-bond donors (Lipinski definition) is 1. The Hall–Kier alpha value is -2.83. The van der Waals surface area contributed by atoms with Crippen molar-refractivity contribution in [1.29, 1.82) is 0 Å². The van der Waals surface area contributed by atoms with Crippen LogP contribution in [-0.4, -0.2) is 33.8 Å². The second-order valence-electron chi connectivity index (χ2n) is 7.79. The van der Waals surface area contributed by atoms with E-state index in [1.54, 1.807) is 4.68 Å². The van der Waals surface area contributed by atoms with Crippen molar-refractivity contribution < 1.29 is 14.3 Å². The Morgan fingerprint density at radius 3 is 2.85 bits per heavy atom. The SMILES string of the molecule is CC1(C)CC(=O)C2=C(C1)Nc1ncnn1C2c1ccc2c(c1)OCCO2. The second-order valence-corrected chi connectivity index (χ2v) is 7.79. The number of aromatic nitrogens is 3. The zero-order valence-corrected chi connectivity index (χ0v) is 14.8. The molecule has 0 saturated carbocycles. The lowest BCUT2D eigenvalue weighted by Crippen LogP contribution is -2.36. The van der Waals surface area contributed by atoms with Gasteiger partial charge in [-0.2, -0.15) is 10.1 Å². The van der Waals surface area contributed by atoms with Crippen molar-refractivity contribution in [3.05, 3.63) is 41.4 Å². The highest BCUT2D eigenvalue weighted by molar-refractivity contribution is 6.00. The summed E-state index contributed by atoms with van der Waals surface area (Å²) >= 11 is 0. The Labute approximate surface area is 151 Å². The van der Waals surface area contributed by atoms with Gasteiger partial charge in [0.25, 0.3) is 0 Å². The third-order valence-electron chi connectivity index (χ3n) is 5.16. The van der Waals surface area contributed by atoms with E-state index >= 15 is 0 Å². The van der Waals surface area contributed by atoms with E-state index in [2.05, 4.69) is 29.2 Å². The molecule has 0 amide bonds. The number of Topliss-reactive ketones (excluding diaryl/α,β-unsaturated/α-hetero) is 1. The Kier molecular flexibility index (Phi) is 3.16. The number of carbonyl (C=O) groups is 1. The second kappa shape index (κ2) is 5.33. The first-order chi connectivity index (χ1) is 12.5. The van der Waals surface area contributed by atoms with Gasteiger partial charge in [0.15, 0.2) is 17.3 Å². The van der Waals surface area contributed by atoms with Crippen molar-refractivity contribution in [3.63, 3.8) is 0 Å². The molecule has 0 bridgehead atoms. The van der Waals surface area contributed by atoms with Crippen LogP contribution >= 0.6 is 0 Å². The van der Waals surface area contributed by atoms with Crippen molar-refractivity contribution in [1.82, 2.24) is 14.8 Å². The van der Waals surface area contributed by atoms with Gasteiger partial charge in [0, 0.05) is 17.7 Å². The molecular formula is C19H20N4O3. The highest BCUT2D eigenvalue weighted by Gasteiger charge is 2.41. The largest absolute Gasteiger partial charge is 0.486 e. The number of benzene rings is 1. The molecule has 1 aliphatic carbocycles. The van der Waals surface area contributed by atoms with E-state index in [4.69, 9.17) is 9.47 Å². The molecule has 1 aromatic heterocycles. The van der Waals surface area contributed by atoms with Gasteiger partial charge < -0.3 is 14.8 Å². The normalized spacial score (nSPS) is 23.2. The molecule has 3 heterocycles. The first-order valence-corrected chi connectivity index (χ1v) is 8.84. The molecule has 7 heteroatoms. The molecule has 2 aliphatic heterocycles. The lowest BCUT2D eigenvalue weighted by atomic mass is 9.73. The number of nitrogens with one attached hydrogen (secondary N) is 1. The maximum absolute atomic E-state index is 13.0. The Morgan fingerprint density at radius 1 is 1.19 bits per heavy atom. The summed E-state index contributed by atoms with van der Waals surface area (Å²) in [4.78, 5) is 17.4. The fourth-order valence-corrected chi connectivity index (χ4v) is 4.09. The molecule has 26 heavy (non-hydrogen) atoms. The maximum Gasteiger partial charge on any atom is 0.226 e. The van der Waals surface area contributed by atoms with Crippen LogP contribution in [0.25, 0.3) is 0 Å². The minimum Gasteiger partial charge on any atom is -0.486 e. The number of rotatable bonds is 1. The molecule has 2 aromatic rings. The molecule has 1 aromatic carbocycles. The number of carbonyl (C=O) groups excluding carboxylic acids is 1. The molecule has 3 aliphatic rings. The monoisotopic (exact) mass is 352 g/mol. The number of nitrogens with zero attached hydrogens (tertiary/aromatic N) is 3. The van der Waals surface area contributed by atoms with Gasteiger partial charge in [0.05, 0.1) is 0 Å². The highest BCUT2D eigenvalue weighted by atomic mass is 16.6. The van der Waals surface area contributed by atoms with Gasteiger partial charge in [0.2, 0.25) is 5.95 Å². The summed E-state index contributed by atoms with van der Waals surface area (Å²) in [6, 6.07) is 5.53. The molecule has 0 fully saturated rings. The zero-order valence-electron chi connectivity index (χ0n) is 14.8. The van der Waals surface area contributed by atoms with E-state index in [1.807, 2.05) is 18.2 Å². The summed E-state index contributed by atoms with van der Waals surface area (Å²) in [6.07, 6.45) is 2.85. The molecule has 7 nitrogen and oxygen atoms in total. The van der Waals surface area contributed by atoms with Crippen molar-refractivity contribution in [2.75, 3.05) is 18.5 Å². The Morgan fingerprint density at radius 2 is 2.00 bits per heavy atom. The van der Waals surface area contributed by atoms with Crippen molar-refractivity contribution in [3.8, 4) is 11.5 Å². The number of allylic oxidation sites excluding steroid dienone is 2. The van der Waals surface area contributed by atoms with E-state index in [1.165, 1.54) is 6.33 Å². The first kappa shape index (κ1) is 15.4. The van der Waals surface area contributed by atoms with Crippen molar-refractivity contribution in [2.45, 2.75) is 32.7 Å². The lowest BCUT2D eigenvalue weighted by molar-refractivity contribution is -0.118. The summed E-state index contributed by atoms with van der Waals surface area (Å²) in [5.74, 6) is 2.26. The topological polar surface area (TPSA) is 78.3 Å². The van der Waals surface area contributed by atoms with Crippen LogP contribution in [0.2, 0.25) is 0 Å². The minimum atomic E-state index is -0.303. The van der Waals surface area contributed by atoms with Crippen LogP contribution in [0.1, 0.15) is 38.3 Å². The summed E-state index contributed by atoms with van der Waals surface area (Å²) in [5, 5.41) is 7.69. The van der Waals surface area contributed by atoms with E-state index in [0.717, 1.165) is 29.0 Å². The summed E-state index contributed by atoms with van der Waals surface area (Å²) in [5.41, 5.74) is 2.61. The third-order valence-corrected chi connectivity index (χ3v) is 5.16. The molecule has 0 radical (unpaired) electrons. The highest BCUT2D eigenvalue weighted by Crippen LogP contribution is 2.46. The molecule has 0 spiro atoms. The van der Waals surface area contributed by atoms with Gasteiger partial charge >= 0.3 is 0 Å². The van der Waals surface area contributed by atoms with Crippen LogP contribution in [-0.2, 0) is 4.79 Å². The first-order valence-electron chi connectivity index (χ1n) is 8.84. The van der Waals surface area contributed by atoms with Gasteiger partial charge in [0.1, 0.15) is 25.6 Å². The Bertz CT molecular complexity index is 944. The fraction of sp³-hybridized carbons (Fsp3) is 0.421. The zero-order chi connectivity index (χ0) is 17.9. The van der Waals surface area contributed by atoms with Crippen LogP contribution in [0.4, 0.5) is 5.95 Å². The van der Waals surface area contributed by atoms with E-state index in [-0.39, 0.29) is 17.2 Å². The Balaban J connectivity index is 1.67. The number of ether oxygens (including phenoxy) is 2. The third kappa shape index (κ3) is 2.30. The number of ketones is 1. The van der Waals surface area contributed by atoms with E-state index < -0.39 is 0 Å². The average molecular weight is 352 g/mol. The van der Waals surface area contributed by atoms with Gasteiger partial charge in [-0.05, 0) is 29.5 Å².